The average molecular weight is 250 g/mol. The normalized spacial score (nSPS) is 11.3. The Labute approximate surface area is 93.1 Å². The Hall–Kier alpha value is -1.07. The van der Waals surface area contributed by atoms with Crippen LogP contribution >= 0.6 is 23.2 Å². The standard InChI is InChI=1S/C8H3Cl2F2N3/c9-5-1-3(7(11)12)6-4(14-5)2-13-8(10)15-6/h1-2,7H. The van der Waals surface area contributed by atoms with E-state index in [1.807, 2.05) is 0 Å². The Balaban J connectivity index is 2.81. The second kappa shape index (κ2) is 3.83. The first-order valence-corrected chi connectivity index (χ1v) is 4.60. The maximum atomic E-state index is 12.6. The van der Waals surface area contributed by atoms with E-state index in [9.17, 15) is 8.78 Å². The summed E-state index contributed by atoms with van der Waals surface area (Å²) in [5.41, 5.74) is -0.0779. The number of rotatable bonds is 1. The summed E-state index contributed by atoms with van der Waals surface area (Å²) in [6.07, 6.45) is -1.43. The Kier molecular flexibility index (Phi) is 2.67. The van der Waals surface area contributed by atoms with Gasteiger partial charge in [-0.15, -0.1) is 0 Å². The van der Waals surface area contributed by atoms with Crippen molar-refractivity contribution in [2.45, 2.75) is 6.43 Å². The summed E-state index contributed by atoms with van der Waals surface area (Å²) in [5, 5.41) is -0.128. The largest absolute Gasteiger partial charge is 0.266 e. The van der Waals surface area contributed by atoms with Gasteiger partial charge < -0.3 is 0 Å². The van der Waals surface area contributed by atoms with Crippen molar-refractivity contribution < 1.29 is 8.78 Å². The van der Waals surface area contributed by atoms with Gasteiger partial charge in [0.2, 0.25) is 5.28 Å². The van der Waals surface area contributed by atoms with Crippen molar-refractivity contribution in [3.63, 3.8) is 0 Å². The average Bonchev–Trinajstić information content (AvgIpc) is 2.17. The van der Waals surface area contributed by atoms with Gasteiger partial charge in [-0.3, -0.25) is 0 Å². The summed E-state index contributed by atoms with van der Waals surface area (Å²) in [5.74, 6) is 0. The van der Waals surface area contributed by atoms with Crippen LogP contribution < -0.4 is 0 Å². The minimum absolute atomic E-state index is 0.0226. The third-order valence-electron chi connectivity index (χ3n) is 1.75. The minimum Gasteiger partial charge on any atom is -0.233 e. The van der Waals surface area contributed by atoms with Crippen LogP contribution in [0.4, 0.5) is 8.78 Å². The number of aromatic nitrogens is 3. The molecule has 0 aliphatic rings. The molecule has 0 saturated carbocycles. The lowest BCUT2D eigenvalue weighted by molar-refractivity contribution is 0.153. The number of halogens is 4. The van der Waals surface area contributed by atoms with E-state index < -0.39 is 6.43 Å². The zero-order valence-electron chi connectivity index (χ0n) is 7.09. The van der Waals surface area contributed by atoms with E-state index in [0.29, 0.717) is 0 Å². The van der Waals surface area contributed by atoms with Gasteiger partial charge in [0.25, 0.3) is 6.43 Å². The summed E-state index contributed by atoms with van der Waals surface area (Å²) < 4.78 is 25.2. The first kappa shape index (κ1) is 10.4. The Morgan fingerprint density at radius 1 is 1.20 bits per heavy atom. The SMILES string of the molecule is FC(F)c1cc(Cl)nc2cnc(Cl)nc12. The molecule has 15 heavy (non-hydrogen) atoms. The van der Waals surface area contributed by atoms with Crippen LogP contribution in [-0.4, -0.2) is 15.0 Å². The Bertz CT molecular complexity index is 518. The van der Waals surface area contributed by atoms with Gasteiger partial charge in [-0.25, -0.2) is 23.7 Å². The van der Waals surface area contributed by atoms with Crippen LogP contribution in [-0.2, 0) is 0 Å². The highest BCUT2D eigenvalue weighted by Crippen LogP contribution is 2.27. The molecular formula is C8H3Cl2F2N3. The van der Waals surface area contributed by atoms with Gasteiger partial charge in [0.1, 0.15) is 16.2 Å². The van der Waals surface area contributed by atoms with Crippen LogP contribution in [0.1, 0.15) is 12.0 Å². The molecule has 0 amide bonds. The third-order valence-corrected chi connectivity index (χ3v) is 2.13. The summed E-state index contributed by atoms with van der Waals surface area (Å²) in [4.78, 5) is 11.1. The van der Waals surface area contributed by atoms with Crippen LogP contribution in [0.25, 0.3) is 11.0 Å². The van der Waals surface area contributed by atoms with E-state index in [1.165, 1.54) is 6.20 Å². The van der Waals surface area contributed by atoms with E-state index in [2.05, 4.69) is 15.0 Å². The monoisotopic (exact) mass is 249 g/mol. The predicted molar refractivity (Wildman–Crippen MR) is 52.3 cm³/mol. The van der Waals surface area contributed by atoms with Crippen molar-refractivity contribution >= 4 is 34.2 Å². The van der Waals surface area contributed by atoms with Crippen LogP contribution in [0.2, 0.25) is 10.4 Å². The van der Waals surface area contributed by atoms with Crippen molar-refractivity contribution in [3.8, 4) is 0 Å². The van der Waals surface area contributed by atoms with Gasteiger partial charge in [-0.2, -0.15) is 0 Å². The molecule has 2 rings (SSSR count). The number of nitrogens with zero attached hydrogens (tertiary/aromatic N) is 3. The van der Waals surface area contributed by atoms with Gasteiger partial charge in [-0.05, 0) is 17.7 Å². The molecular weight excluding hydrogens is 247 g/mol. The lowest BCUT2D eigenvalue weighted by Gasteiger charge is -2.04. The molecule has 7 heteroatoms. The Morgan fingerprint density at radius 3 is 2.60 bits per heavy atom. The van der Waals surface area contributed by atoms with E-state index in [-0.39, 0.29) is 27.0 Å². The van der Waals surface area contributed by atoms with E-state index >= 15 is 0 Å². The zero-order valence-corrected chi connectivity index (χ0v) is 8.60. The number of pyridine rings is 1. The predicted octanol–water partition coefficient (Wildman–Crippen LogP) is 3.27. The number of fused-ring (bicyclic) bond motifs is 1. The molecule has 0 fully saturated rings. The van der Waals surface area contributed by atoms with Crippen LogP contribution in [0.3, 0.4) is 0 Å². The van der Waals surface area contributed by atoms with E-state index in [1.54, 1.807) is 0 Å². The third kappa shape index (κ3) is 1.98. The molecule has 0 saturated heterocycles. The molecule has 0 aliphatic carbocycles. The highest BCUT2D eigenvalue weighted by atomic mass is 35.5. The molecule has 0 radical (unpaired) electrons. The summed E-state index contributed by atoms with van der Waals surface area (Å²) in [7, 11) is 0. The van der Waals surface area contributed by atoms with Crippen molar-refractivity contribution in [1.29, 1.82) is 0 Å². The number of hydrogen-bond acceptors (Lipinski definition) is 3. The zero-order chi connectivity index (χ0) is 11.0. The molecule has 0 N–H and O–H groups in total. The van der Waals surface area contributed by atoms with Crippen LogP contribution in [0, 0.1) is 0 Å². The summed E-state index contributed by atoms with van der Waals surface area (Å²) in [6, 6.07) is 1.07. The van der Waals surface area contributed by atoms with Crippen molar-refractivity contribution in [1.82, 2.24) is 15.0 Å². The number of hydrogen-bond donors (Lipinski definition) is 0. The smallest absolute Gasteiger partial charge is 0.233 e. The van der Waals surface area contributed by atoms with Gasteiger partial charge >= 0.3 is 0 Å². The van der Waals surface area contributed by atoms with Gasteiger partial charge in [-0.1, -0.05) is 11.6 Å². The molecule has 0 spiro atoms. The van der Waals surface area contributed by atoms with Crippen molar-refractivity contribution in [2.75, 3.05) is 0 Å². The topological polar surface area (TPSA) is 38.7 Å². The van der Waals surface area contributed by atoms with Crippen molar-refractivity contribution in [2.24, 2.45) is 0 Å². The maximum absolute atomic E-state index is 12.6. The van der Waals surface area contributed by atoms with Crippen LogP contribution in [0.15, 0.2) is 12.3 Å². The summed E-state index contributed by atoms with van der Waals surface area (Å²) >= 11 is 11.1. The van der Waals surface area contributed by atoms with Gasteiger partial charge in [0.05, 0.1) is 6.20 Å². The maximum Gasteiger partial charge on any atom is 0.266 e. The first-order chi connectivity index (χ1) is 7.08. The highest BCUT2D eigenvalue weighted by Gasteiger charge is 2.15. The molecule has 0 aliphatic heterocycles. The van der Waals surface area contributed by atoms with Gasteiger partial charge in [0.15, 0.2) is 0 Å². The molecule has 78 valence electrons. The highest BCUT2D eigenvalue weighted by molar-refractivity contribution is 6.30. The fourth-order valence-corrected chi connectivity index (χ4v) is 1.50. The first-order valence-electron chi connectivity index (χ1n) is 3.85. The minimum atomic E-state index is -2.68. The molecule has 3 nitrogen and oxygen atoms in total. The molecule has 2 aromatic heterocycles. The molecule has 2 heterocycles. The van der Waals surface area contributed by atoms with Crippen molar-refractivity contribution in [3.05, 3.63) is 28.3 Å². The fourth-order valence-electron chi connectivity index (χ4n) is 1.16. The second-order valence-electron chi connectivity index (χ2n) is 2.71. The van der Waals surface area contributed by atoms with Crippen LogP contribution in [0.5, 0.6) is 0 Å². The molecule has 0 bridgehead atoms. The number of alkyl halides is 2. The molecule has 0 atom stereocenters. The fraction of sp³-hybridized carbons (Fsp3) is 0.125. The molecule has 2 aromatic rings. The Morgan fingerprint density at radius 2 is 1.93 bits per heavy atom. The molecule has 0 unspecified atom stereocenters. The lowest BCUT2D eigenvalue weighted by Crippen LogP contribution is -1.94. The van der Waals surface area contributed by atoms with E-state index in [0.717, 1.165) is 6.07 Å². The van der Waals surface area contributed by atoms with Gasteiger partial charge in [0, 0.05) is 5.56 Å². The second-order valence-corrected chi connectivity index (χ2v) is 3.43. The van der Waals surface area contributed by atoms with E-state index in [4.69, 9.17) is 23.2 Å². The quantitative estimate of drug-likeness (QED) is 0.575. The molecule has 0 aromatic carbocycles. The summed E-state index contributed by atoms with van der Waals surface area (Å²) in [6.45, 7) is 0. The lowest BCUT2D eigenvalue weighted by atomic mass is 10.2.